The molecule has 3 fully saturated rings. The summed E-state index contributed by atoms with van der Waals surface area (Å²) in [6, 6.07) is 0.998. The molecule has 1 N–H and O–H groups in total. The van der Waals surface area contributed by atoms with Gasteiger partial charge in [-0.25, -0.2) is 4.39 Å². The maximum absolute atomic E-state index is 14.5. The van der Waals surface area contributed by atoms with Crippen LogP contribution in [0.25, 0.3) is 0 Å². The maximum atomic E-state index is 14.5. The highest BCUT2D eigenvalue weighted by atomic mass is 19.1. The lowest BCUT2D eigenvalue weighted by molar-refractivity contribution is 0.0449. The van der Waals surface area contributed by atoms with Gasteiger partial charge in [0, 0.05) is 12.1 Å². The van der Waals surface area contributed by atoms with E-state index >= 15 is 0 Å². The van der Waals surface area contributed by atoms with Gasteiger partial charge < -0.3 is 5.32 Å². The van der Waals surface area contributed by atoms with Gasteiger partial charge in [0.1, 0.15) is 5.67 Å². The van der Waals surface area contributed by atoms with E-state index in [-0.39, 0.29) is 0 Å². The molecular formula is C12H20FN. The van der Waals surface area contributed by atoms with E-state index in [0.29, 0.717) is 12.1 Å². The maximum Gasteiger partial charge on any atom is 0.114 e. The fourth-order valence-corrected chi connectivity index (χ4v) is 3.57. The Hall–Kier alpha value is -0.110. The summed E-state index contributed by atoms with van der Waals surface area (Å²) in [5.74, 6) is 0.720. The minimum atomic E-state index is -0.803. The molecule has 0 amide bonds. The van der Waals surface area contributed by atoms with Crippen molar-refractivity contribution in [1.29, 1.82) is 0 Å². The first kappa shape index (κ1) is 9.14. The molecule has 14 heavy (non-hydrogen) atoms. The van der Waals surface area contributed by atoms with E-state index in [1.54, 1.807) is 0 Å². The van der Waals surface area contributed by atoms with Crippen molar-refractivity contribution in [2.75, 3.05) is 0 Å². The third kappa shape index (κ3) is 1.58. The van der Waals surface area contributed by atoms with Gasteiger partial charge in [0.05, 0.1) is 0 Å². The first-order valence-electron chi connectivity index (χ1n) is 6.18. The molecule has 1 aliphatic carbocycles. The summed E-state index contributed by atoms with van der Waals surface area (Å²) in [6.45, 7) is 0. The van der Waals surface area contributed by atoms with Crippen LogP contribution in [0.1, 0.15) is 51.4 Å². The number of piperidine rings is 1. The Morgan fingerprint density at radius 1 is 1.07 bits per heavy atom. The number of fused-ring (bicyclic) bond motifs is 2. The van der Waals surface area contributed by atoms with E-state index < -0.39 is 5.67 Å². The van der Waals surface area contributed by atoms with Gasteiger partial charge in [0.25, 0.3) is 0 Å². The highest BCUT2D eigenvalue weighted by Crippen LogP contribution is 2.44. The second-order valence-corrected chi connectivity index (χ2v) is 5.70. The van der Waals surface area contributed by atoms with E-state index in [1.165, 1.54) is 32.1 Å². The number of rotatable bonds is 2. The van der Waals surface area contributed by atoms with Gasteiger partial charge >= 0.3 is 0 Å². The molecule has 2 heterocycles. The van der Waals surface area contributed by atoms with E-state index in [0.717, 1.165) is 25.2 Å². The molecule has 0 aromatic rings. The standard InChI is InChI=1S/C12H20FN/c13-12(6-9-2-1-3-9)7-10-4-5-11(8-12)14-10/h9-11,14H,1-8H2. The Balaban J connectivity index is 1.64. The van der Waals surface area contributed by atoms with E-state index in [1.807, 2.05) is 0 Å². The molecule has 0 aromatic carbocycles. The number of hydrogen-bond donors (Lipinski definition) is 1. The summed E-state index contributed by atoms with van der Waals surface area (Å²) < 4.78 is 14.5. The summed E-state index contributed by atoms with van der Waals surface area (Å²) in [5.41, 5.74) is -0.803. The zero-order valence-corrected chi connectivity index (χ0v) is 8.77. The average Bonchev–Trinajstić information content (AvgIpc) is 2.40. The van der Waals surface area contributed by atoms with Crippen molar-refractivity contribution in [2.45, 2.75) is 69.1 Å². The normalized spacial score (nSPS) is 47.8. The van der Waals surface area contributed by atoms with Crippen LogP contribution in [0.4, 0.5) is 4.39 Å². The average molecular weight is 197 g/mol. The number of halogens is 1. The molecule has 3 aliphatic rings. The van der Waals surface area contributed by atoms with Gasteiger partial charge in [-0.3, -0.25) is 0 Å². The monoisotopic (exact) mass is 197 g/mol. The predicted molar refractivity (Wildman–Crippen MR) is 55.0 cm³/mol. The molecule has 0 aromatic heterocycles. The van der Waals surface area contributed by atoms with Gasteiger partial charge in [-0.1, -0.05) is 19.3 Å². The van der Waals surface area contributed by atoms with Crippen LogP contribution in [0, 0.1) is 5.92 Å². The third-order valence-corrected chi connectivity index (χ3v) is 4.44. The first-order valence-corrected chi connectivity index (χ1v) is 6.18. The predicted octanol–water partition coefficient (Wildman–Crippen LogP) is 2.80. The topological polar surface area (TPSA) is 12.0 Å². The fraction of sp³-hybridized carbons (Fsp3) is 1.00. The third-order valence-electron chi connectivity index (χ3n) is 4.44. The van der Waals surface area contributed by atoms with Crippen LogP contribution < -0.4 is 5.32 Å². The van der Waals surface area contributed by atoms with Gasteiger partial charge in [0.2, 0.25) is 0 Å². The zero-order valence-electron chi connectivity index (χ0n) is 8.77. The summed E-state index contributed by atoms with van der Waals surface area (Å²) in [4.78, 5) is 0. The summed E-state index contributed by atoms with van der Waals surface area (Å²) in [5, 5.41) is 3.51. The molecule has 3 rings (SSSR count). The van der Waals surface area contributed by atoms with Crippen LogP contribution in [0.5, 0.6) is 0 Å². The van der Waals surface area contributed by atoms with Crippen molar-refractivity contribution >= 4 is 0 Å². The quantitative estimate of drug-likeness (QED) is 0.717. The van der Waals surface area contributed by atoms with Crippen molar-refractivity contribution in [3.8, 4) is 0 Å². The Kier molecular flexibility index (Phi) is 2.08. The summed E-state index contributed by atoms with van der Waals surface area (Å²) in [6.07, 6.45) is 8.78. The van der Waals surface area contributed by atoms with Crippen molar-refractivity contribution < 1.29 is 4.39 Å². The molecule has 2 heteroatoms. The van der Waals surface area contributed by atoms with Crippen LogP contribution in [0.15, 0.2) is 0 Å². The Labute approximate surface area is 85.5 Å². The van der Waals surface area contributed by atoms with Gasteiger partial charge in [-0.15, -0.1) is 0 Å². The molecule has 2 atom stereocenters. The lowest BCUT2D eigenvalue weighted by atomic mass is 9.74. The van der Waals surface area contributed by atoms with Crippen molar-refractivity contribution in [3.05, 3.63) is 0 Å². The molecule has 0 spiro atoms. The largest absolute Gasteiger partial charge is 0.311 e. The highest BCUT2D eigenvalue weighted by molar-refractivity contribution is 5.01. The molecule has 2 saturated heterocycles. The Morgan fingerprint density at radius 3 is 2.21 bits per heavy atom. The smallest absolute Gasteiger partial charge is 0.114 e. The molecule has 1 nitrogen and oxygen atoms in total. The number of hydrogen-bond acceptors (Lipinski definition) is 1. The SMILES string of the molecule is FC1(CC2CCC2)CC2CCC(C1)N2. The van der Waals surface area contributed by atoms with E-state index in [4.69, 9.17) is 0 Å². The van der Waals surface area contributed by atoms with Crippen molar-refractivity contribution in [1.82, 2.24) is 5.32 Å². The minimum absolute atomic E-state index is 0.499. The number of alkyl halides is 1. The molecule has 2 unspecified atom stereocenters. The van der Waals surface area contributed by atoms with Crippen LogP contribution >= 0.6 is 0 Å². The van der Waals surface area contributed by atoms with Gasteiger partial charge in [0.15, 0.2) is 0 Å². The molecule has 0 radical (unpaired) electrons. The van der Waals surface area contributed by atoms with Crippen molar-refractivity contribution in [2.24, 2.45) is 5.92 Å². The van der Waals surface area contributed by atoms with E-state index in [9.17, 15) is 4.39 Å². The van der Waals surface area contributed by atoms with Gasteiger partial charge in [-0.2, -0.15) is 0 Å². The fourth-order valence-electron chi connectivity index (χ4n) is 3.57. The number of nitrogens with one attached hydrogen (secondary N) is 1. The van der Waals surface area contributed by atoms with Gasteiger partial charge in [-0.05, 0) is 38.0 Å². The van der Waals surface area contributed by atoms with Crippen LogP contribution in [0.3, 0.4) is 0 Å². The second kappa shape index (κ2) is 3.19. The highest BCUT2D eigenvalue weighted by Gasteiger charge is 2.45. The molecule has 80 valence electrons. The summed E-state index contributed by atoms with van der Waals surface area (Å²) >= 11 is 0. The Morgan fingerprint density at radius 2 is 1.71 bits per heavy atom. The van der Waals surface area contributed by atoms with Crippen molar-refractivity contribution in [3.63, 3.8) is 0 Å². The lowest BCUT2D eigenvalue weighted by Crippen LogP contribution is -2.47. The van der Waals surface area contributed by atoms with Crippen LogP contribution in [-0.4, -0.2) is 17.8 Å². The lowest BCUT2D eigenvalue weighted by Gasteiger charge is -2.39. The first-order chi connectivity index (χ1) is 6.73. The molecule has 2 aliphatic heterocycles. The summed E-state index contributed by atoms with van der Waals surface area (Å²) in [7, 11) is 0. The molecular weight excluding hydrogens is 177 g/mol. The van der Waals surface area contributed by atoms with E-state index in [2.05, 4.69) is 5.32 Å². The molecule has 2 bridgehead atoms. The molecule has 1 saturated carbocycles. The Bertz CT molecular complexity index is 212. The minimum Gasteiger partial charge on any atom is -0.311 e. The second-order valence-electron chi connectivity index (χ2n) is 5.70. The van der Waals surface area contributed by atoms with Crippen LogP contribution in [-0.2, 0) is 0 Å². The zero-order chi connectivity index (χ0) is 9.60. The van der Waals surface area contributed by atoms with Crippen LogP contribution in [0.2, 0.25) is 0 Å².